The molecule has 0 amide bonds. The summed E-state index contributed by atoms with van der Waals surface area (Å²) < 4.78 is 30.3. The second kappa shape index (κ2) is 8.06. The van der Waals surface area contributed by atoms with E-state index in [-0.39, 0.29) is 22.1 Å². The van der Waals surface area contributed by atoms with Gasteiger partial charge in [0.1, 0.15) is 23.5 Å². The third-order valence-corrected chi connectivity index (χ3v) is 6.53. The lowest BCUT2D eigenvalue weighted by Crippen LogP contribution is -2.40. The maximum Gasteiger partial charge on any atom is 0.270 e. The maximum atomic E-state index is 12.7. The van der Waals surface area contributed by atoms with Gasteiger partial charge in [-0.05, 0) is 30.3 Å². The van der Waals surface area contributed by atoms with Crippen LogP contribution in [-0.4, -0.2) is 32.2 Å². The van der Waals surface area contributed by atoms with Crippen LogP contribution in [0.1, 0.15) is 18.4 Å². The predicted molar refractivity (Wildman–Crippen MR) is 118 cm³/mol. The average molecular weight is 439 g/mol. The second-order valence-electron chi connectivity index (χ2n) is 7.54. The number of hydrogen-bond donors (Lipinski definition) is 1. The normalized spacial score (nSPS) is 15.1. The standard InChI is InChI=1S/C22H22N4O4S/c1-25-20-5-3-2-4-18(20)21(19(14-23)22(25)27)26-12-10-16(11-13-26)30-15-6-8-17(9-7-15)31(24,28)29/h2-9,16H,10-13H2,1H3,(H2,24,28,29). The highest BCUT2D eigenvalue weighted by atomic mass is 32.2. The SMILES string of the molecule is Cn1c(=O)c(C#N)c(N2CCC(Oc3ccc(S(N)(=O)=O)cc3)CC2)c2ccccc21. The van der Waals surface area contributed by atoms with Crippen LogP contribution in [0.2, 0.25) is 0 Å². The Balaban J connectivity index is 1.55. The lowest BCUT2D eigenvalue weighted by Gasteiger charge is -2.35. The van der Waals surface area contributed by atoms with E-state index in [0.29, 0.717) is 37.4 Å². The number of fused-ring (bicyclic) bond motifs is 1. The summed E-state index contributed by atoms with van der Waals surface area (Å²) in [5, 5.41) is 15.7. The zero-order valence-electron chi connectivity index (χ0n) is 17.0. The fourth-order valence-corrected chi connectivity index (χ4v) is 4.52. The molecule has 0 radical (unpaired) electrons. The summed E-state index contributed by atoms with van der Waals surface area (Å²) in [5.41, 5.74) is 1.32. The molecule has 1 aliphatic rings. The number of rotatable bonds is 4. The highest BCUT2D eigenvalue weighted by molar-refractivity contribution is 7.89. The summed E-state index contributed by atoms with van der Waals surface area (Å²) in [6.07, 6.45) is 1.34. The van der Waals surface area contributed by atoms with Crippen LogP contribution in [0.5, 0.6) is 5.75 Å². The van der Waals surface area contributed by atoms with Gasteiger partial charge in [-0.1, -0.05) is 18.2 Å². The molecule has 0 spiro atoms. The monoisotopic (exact) mass is 438 g/mol. The number of primary sulfonamides is 1. The molecule has 9 heteroatoms. The Morgan fingerprint density at radius 2 is 1.74 bits per heavy atom. The molecule has 8 nitrogen and oxygen atoms in total. The number of ether oxygens (including phenoxy) is 1. The van der Waals surface area contributed by atoms with Crippen molar-refractivity contribution in [1.29, 1.82) is 5.26 Å². The van der Waals surface area contributed by atoms with Crippen molar-refractivity contribution in [2.24, 2.45) is 12.2 Å². The van der Waals surface area contributed by atoms with E-state index in [2.05, 4.69) is 11.0 Å². The molecular weight excluding hydrogens is 416 g/mol. The lowest BCUT2D eigenvalue weighted by molar-refractivity contribution is 0.171. The Bertz CT molecular complexity index is 1330. The van der Waals surface area contributed by atoms with Gasteiger partial charge in [-0.2, -0.15) is 5.26 Å². The summed E-state index contributed by atoms with van der Waals surface area (Å²) >= 11 is 0. The Kier molecular flexibility index (Phi) is 5.43. The average Bonchev–Trinajstić information content (AvgIpc) is 2.76. The molecule has 2 heterocycles. The Morgan fingerprint density at radius 1 is 1.10 bits per heavy atom. The summed E-state index contributed by atoms with van der Waals surface area (Å²) in [6.45, 7) is 1.26. The third kappa shape index (κ3) is 4.00. The van der Waals surface area contributed by atoms with Gasteiger partial charge in [-0.3, -0.25) is 4.79 Å². The van der Waals surface area contributed by atoms with Crippen molar-refractivity contribution >= 4 is 26.6 Å². The number of anilines is 1. The molecule has 3 aromatic rings. The molecule has 0 atom stereocenters. The highest BCUT2D eigenvalue weighted by Gasteiger charge is 2.26. The minimum absolute atomic E-state index is 0.0382. The first-order valence-electron chi connectivity index (χ1n) is 9.86. The second-order valence-corrected chi connectivity index (χ2v) is 9.10. The quantitative estimate of drug-likeness (QED) is 0.666. The largest absolute Gasteiger partial charge is 0.490 e. The van der Waals surface area contributed by atoms with Crippen LogP contribution in [0.3, 0.4) is 0 Å². The van der Waals surface area contributed by atoms with E-state index in [9.17, 15) is 18.5 Å². The molecule has 0 bridgehead atoms. The van der Waals surface area contributed by atoms with Crippen molar-refractivity contribution in [2.75, 3.05) is 18.0 Å². The van der Waals surface area contributed by atoms with Crippen LogP contribution >= 0.6 is 0 Å². The molecule has 160 valence electrons. The number of benzene rings is 2. The summed E-state index contributed by atoms with van der Waals surface area (Å²) in [7, 11) is -2.06. The number of pyridine rings is 1. The minimum atomic E-state index is -3.74. The van der Waals surface area contributed by atoms with Gasteiger partial charge in [0.2, 0.25) is 10.0 Å². The van der Waals surface area contributed by atoms with Gasteiger partial charge in [0, 0.05) is 38.4 Å². The molecule has 4 rings (SSSR count). The number of nitriles is 1. The van der Waals surface area contributed by atoms with E-state index >= 15 is 0 Å². The topological polar surface area (TPSA) is 118 Å². The van der Waals surface area contributed by atoms with Gasteiger partial charge in [-0.25, -0.2) is 13.6 Å². The van der Waals surface area contributed by atoms with Crippen LogP contribution in [-0.2, 0) is 17.1 Å². The summed E-state index contributed by atoms with van der Waals surface area (Å²) in [4.78, 5) is 14.8. The minimum Gasteiger partial charge on any atom is -0.490 e. The number of aryl methyl sites for hydroxylation is 1. The molecule has 1 saturated heterocycles. The van der Waals surface area contributed by atoms with E-state index < -0.39 is 10.0 Å². The molecule has 0 saturated carbocycles. The molecular formula is C22H22N4O4S. The van der Waals surface area contributed by atoms with Crippen molar-refractivity contribution in [3.63, 3.8) is 0 Å². The molecule has 1 aromatic heterocycles. The smallest absolute Gasteiger partial charge is 0.270 e. The molecule has 1 aliphatic heterocycles. The van der Waals surface area contributed by atoms with Gasteiger partial charge in [-0.15, -0.1) is 0 Å². The van der Waals surface area contributed by atoms with E-state index in [4.69, 9.17) is 9.88 Å². The predicted octanol–water partition coefficient (Wildman–Crippen LogP) is 2.11. The fourth-order valence-electron chi connectivity index (χ4n) is 4.01. The Morgan fingerprint density at radius 3 is 2.35 bits per heavy atom. The van der Waals surface area contributed by atoms with Gasteiger partial charge >= 0.3 is 0 Å². The van der Waals surface area contributed by atoms with Crippen LogP contribution in [0.4, 0.5) is 5.69 Å². The number of aromatic nitrogens is 1. The molecule has 2 aromatic carbocycles. The van der Waals surface area contributed by atoms with Crippen molar-refractivity contribution < 1.29 is 13.2 Å². The number of hydrogen-bond acceptors (Lipinski definition) is 6. The molecule has 2 N–H and O–H groups in total. The van der Waals surface area contributed by atoms with Gasteiger partial charge in [0.15, 0.2) is 0 Å². The van der Waals surface area contributed by atoms with Crippen LogP contribution in [0, 0.1) is 11.3 Å². The lowest BCUT2D eigenvalue weighted by atomic mass is 10.0. The molecule has 1 fully saturated rings. The zero-order chi connectivity index (χ0) is 22.2. The van der Waals surface area contributed by atoms with Gasteiger partial charge < -0.3 is 14.2 Å². The Hall–Kier alpha value is -3.35. The Labute approximate surface area is 180 Å². The van der Waals surface area contributed by atoms with Crippen molar-refractivity contribution in [2.45, 2.75) is 23.8 Å². The van der Waals surface area contributed by atoms with Gasteiger partial charge in [0.05, 0.1) is 16.1 Å². The first-order chi connectivity index (χ1) is 14.8. The zero-order valence-corrected chi connectivity index (χ0v) is 17.8. The van der Waals surface area contributed by atoms with Crippen molar-refractivity contribution in [1.82, 2.24) is 4.57 Å². The number of piperidine rings is 1. The molecule has 31 heavy (non-hydrogen) atoms. The first kappa shape index (κ1) is 20.9. The van der Waals surface area contributed by atoms with E-state index in [1.807, 2.05) is 24.3 Å². The van der Waals surface area contributed by atoms with Crippen molar-refractivity contribution in [3.05, 3.63) is 64.4 Å². The number of nitrogens with zero attached hydrogens (tertiary/aromatic N) is 3. The number of para-hydroxylation sites is 1. The summed E-state index contributed by atoms with van der Waals surface area (Å²) in [6, 6.07) is 15.7. The van der Waals surface area contributed by atoms with E-state index in [1.165, 1.54) is 16.7 Å². The number of sulfonamides is 1. The van der Waals surface area contributed by atoms with Gasteiger partial charge in [0.25, 0.3) is 5.56 Å². The van der Waals surface area contributed by atoms with Crippen LogP contribution < -0.4 is 20.3 Å². The van der Waals surface area contributed by atoms with Crippen molar-refractivity contribution in [3.8, 4) is 11.8 Å². The van der Waals surface area contributed by atoms with Crippen LogP contribution in [0.25, 0.3) is 10.9 Å². The van der Waals surface area contributed by atoms with E-state index in [1.54, 1.807) is 19.2 Å². The van der Waals surface area contributed by atoms with Crippen LogP contribution in [0.15, 0.2) is 58.2 Å². The highest BCUT2D eigenvalue weighted by Crippen LogP contribution is 2.31. The fraction of sp³-hybridized carbons (Fsp3) is 0.273. The third-order valence-electron chi connectivity index (χ3n) is 5.60. The number of nitrogens with two attached hydrogens (primary N) is 1. The molecule has 0 aliphatic carbocycles. The summed E-state index contributed by atoms with van der Waals surface area (Å²) in [5.74, 6) is 0.572. The van der Waals surface area contributed by atoms with E-state index in [0.717, 1.165) is 10.9 Å². The first-order valence-corrected chi connectivity index (χ1v) is 11.4. The maximum absolute atomic E-state index is 12.7. The molecule has 0 unspecified atom stereocenters.